The van der Waals surface area contributed by atoms with E-state index in [0.29, 0.717) is 17.5 Å². The van der Waals surface area contributed by atoms with Crippen LogP contribution in [0.15, 0.2) is 83.8 Å². The number of rotatable bonds is 8. The van der Waals surface area contributed by atoms with Crippen molar-refractivity contribution in [2.75, 3.05) is 0 Å². The first-order chi connectivity index (χ1) is 15.2. The fourth-order valence-electron chi connectivity index (χ4n) is 3.56. The predicted octanol–water partition coefficient (Wildman–Crippen LogP) is 3.48. The van der Waals surface area contributed by atoms with E-state index < -0.39 is 0 Å². The molecule has 0 saturated heterocycles. The topological polar surface area (TPSA) is 76.9 Å². The molecule has 156 valence electrons. The van der Waals surface area contributed by atoms with Crippen LogP contribution in [0.4, 0.5) is 0 Å². The normalized spacial score (nSPS) is 10.8. The van der Waals surface area contributed by atoms with E-state index in [1.54, 1.807) is 12.3 Å². The fourth-order valence-corrected chi connectivity index (χ4v) is 3.56. The first-order valence-corrected chi connectivity index (χ1v) is 10.4. The first-order valence-electron chi connectivity index (χ1n) is 10.4. The molecular formula is C25H24N4O2. The number of carbonyl (C=O) groups excluding carboxylic acids is 1. The average molecular weight is 412 g/mol. The molecule has 6 heteroatoms. The van der Waals surface area contributed by atoms with E-state index in [4.69, 9.17) is 0 Å². The van der Waals surface area contributed by atoms with Gasteiger partial charge in [-0.05, 0) is 36.6 Å². The molecule has 2 heterocycles. The summed E-state index contributed by atoms with van der Waals surface area (Å²) in [6, 6.07) is 23.1. The molecule has 0 atom stereocenters. The van der Waals surface area contributed by atoms with E-state index >= 15 is 0 Å². The second-order valence-electron chi connectivity index (χ2n) is 7.39. The highest BCUT2D eigenvalue weighted by Gasteiger charge is 2.12. The Hall–Kier alpha value is -3.80. The van der Waals surface area contributed by atoms with Gasteiger partial charge in [-0.25, -0.2) is 4.68 Å². The van der Waals surface area contributed by atoms with Crippen molar-refractivity contribution >= 4 is 16.7 Å². The Kier molecular flexibility index (Phi) is 6.47. The Morgan fingerprint density at radius 2 is 1.65 bits per heavy atom. The maximum atomic E-state index is 12.9. The van der Waals surface area contributed by atoms with Crippen LogP contribution in [0, 0.1) is 0 Å². The summed E-state index contributed by atoms with van der Waals surface area (Å²) in [6.45, 7) is 0.551. The van der Waals surface area contributed by atoms with Gasteiger partial charge in [-0.15, -0.1) is 0 Å². The fraction of sp³-hybridized carbons (Fsp3) is 0.200. The van der Waals surface area contributed by atoms with Crippen LogP contribution in [0.1, 0.15) is 29.8 Å². The van der Waals surface area contributed by atoms with Gasteiger partial charge in [0.15, 0.2) is 0 Å². The van der Waals surface area contributed by atoms with Crippen LogP contribution in [0.25, 0.3) is 10.8 Å². The second kappa shape index (κ2) is 9.80. The molecule has 0 bridgehead atoms. The summed E-state index contributed by atoms with van der Waals surface area (Å²) in [5, 5.41) is 8.84. The summed E-state index contributed by atoms with van der Waals surface area (Å²) in [7, 11) is 0. The highest BCUT2D eigenvalue weighted by atomic mass is 16.1. The molecule has 1 N–H and O–H groups in total. The van der Waals surface area contributed by atoms with Gasteiger partial charge in [-0.2, -0.15) is 5.10 Å². The molecule has 31 heavy (non-hydrogen) atoms. The molecule has 0 radical (unpaired) electrons. The molecule has 2 aromatic heterocycles. The number of nitrogens with zero attached hydrogens (tertiary/aromatic N) is 3. The second-order valence-corrected chi connectivity index (χ2v) is 7.39. The summed E-state index contributed by atoms with van der Waals surface area (Å²) in [5.41, 5.74) is 2.48. The average Bonchev–Trinajstić information content (AvgIpc) is 2.81. The molecule has 0 saturated carbocycles. The lowest BCUT2D eigenvalue weighted by atomic mass is 10.1. The van der Waals surface area contributed by atoms with Gasteiger partial charge in [0.25, 0.3) is 5.56 Å². The van der Waals surface area contributed by atoms with Crippen LogP contribution in [0.2, 0.25) is 0 Å². The van der Waals surface area contributed by atoms with Gasteiger partial charge in [-0.1, -0.05) is 54.6 Å². The van der Waals surface area contributed by atoms with Crippen molar-refractivity contribution in [3.05, 3.63) is 106 Å². The Morgan fingerprint density at radius 1 is 0.903 bits per heavy atom. The molecule has 0 unspecified atom stereocenters. The zero-order valence-corrected chi connectivity index (χ0v) is 17.2. The van der Waals surface area contributed by atoms with Crippen molar-refractivity contribution < 1.29 is 4.79 Å². The van der Waals surface area contributed by atoms with Crippen molar-refractivity contribution in [3.63, 3.8) is 0 Å². The molecule has 0 fully saturated rings. The van der Waals surface area contributed by atoms with E-state index in [1.165, 1.54) is 10.2 Å². The number of aryl methyl sites for hydroxylation is 1. The van der Waals surface area contributed by atoms with Gasteiger partial charge in [-0.3, -0.25) is 14.6 Å². The van der Waals surface area contributed by atoms with Crippen molar-refractivity contribution in [1.29, 1.82) is 0 Å². The quantitative estimate of drug-likeness (QED) is 0.481. The van der Waals surface area contributed by atoms with E-state index in [2.05, 4.69) is 27.5 Å². The maximum Gasteiger partial charge on any atom is 0.275 e. The minimum absolute atomic E-state index is 0.0238. The minimum atomic E-state index is -0.167. The summed E-state index contributed by atoms with van der Waals surface area (Å²) in [4.78, 5) is 29.5. The molecule has 0 aliphatic rings. The van der Waals surface area contributed by atoms with E-state index in [-0.39, 0.29) is 24.6 Å². The van der Waals surface area contributed by atoms with E-state index in [1.807, 2.05) is 54.6 Å². The third kappa shape index (κ3) is 5.22. The number of benzene rings is 2. The van der Waals surface area contributed by atoms with Crippen LogP contribution < -0.4 is 10.9 Å². The first kappa shape index (κ1) is 20.5. The third-order valence-corrected chi connectivity index (χ3v) is 5.15. The van der Waals surface area contributed by atoms with E-state index in [0.717, 1.165) is 23.9 Å². The predicted molar refractivity (Wildman–Crippen MR) is 121 cm³/mol. The van der Waals surface area contributed by atoms with Crippen LogP contribution >= 0.6 is 0 Å². The summed E-state index contributed by atoms with van der Waals surface area (Å²) >= 11 is 0. The van der Waals surface area contributed by atoms with Crippen LogP contribution in [0.3, 0.4) is 0 Å². The van der Waals surface area contributed by atoms with Crippen molar-refractivity contribution in [3.8, 4) is 0 Å². The summed E-state index contributed by atoms with van der Waals surface area (Å²) in [5.74, 6) is -0.0238. The van der Waals surface area contributed by atoms with Crippen LogP contribution in [-0.4, -0.2) is 20.7 Å². The lowest BCUT2D eigenvalue weighted by Crippen LogP contribution is -2.29. The minimum Gasteiger partial charge on any atom is -0.350 e. The number of nitrogens with one attached hydrogen (secondary N) is 1. The SMILES string of the molecule is O=C(CCCc1ccccc1)NCc1nn(Cc2ccccn2)c(=O)c2ccccc12. The Balaban J connectivity index is 1.47. The standard InChI is InChI=1S/C25H24N4O2/c30-24(15-8-11-19-9-2-1-3-10-19)27-17-23-21-13-4-5-14-22(21)25(31)29(28-23)18-20-12-6-7-16-26-20/h1-7,9-10,12-14,16H,8,11,15,17-18H2,(H,27,30). The third-order valence-electron chi connectivity index (χ3n) is 5.15. The van der Waals surface area contributed by atoms with Gasteiger partial charge in [0, 0.05) is 18.0 Å². The lowest BCUT2D eigenvalue weighted by molar-refractivity contribution is -0.121. The number of aromatic nitrogens is 3. The van der Waals surface area contributed by atoms with Gasteiger partial charge in [0.05, 0.1) is 29.9 Å². The Labute approximate surface area is 180 Å². The number of amides is 1. The lowest BCUT2D eigenvalue weighted by Gasteiger charge is -2.12. The van der Waals surface area contributed by atoms with Gasteiger partial charge < -0.3 is 5.32 Å². The van der Waals surface area contributed by atoms with Gasteiger partial charge >= 0.3 is 0 Å². The highest BCUT2D eigenvalue weighted by Crippen LogP contribution is 2.14. The number of pyridine rings is 1. The van der Waals surface area contributed by atoms with Crippen molar-refractivity contribution in [1.82, 2.24) is 20.1 Å². The Morgan fingerprint density at radius 3 is 2.42 bits per heavy atom. The molecule has 0 spiro atoms. The van der Waals surface area contributed by atoms with Gasteiger partial charge in [0.2, 0.25) is 5.91 Å². The molecule has 6 nitrogen and oxygen atoms in total. The van der Waals surface area contributed by atoms with Crippen LogP contribution in [-0.2, 0) is 24.3 Å². The Bertz CT molecular complexity index is 1220. The zero-order chi connectivity index (χ0) is 21.5. The zero-order valence-electron chi connectivity index (χ0n) is 17.2. The van der Waals surface area contributed by atoms with E-state index in [9.17, 15) is 9.59 Å². The maximum absolute atomic E-state index is 12.9. The number of hydrogen-bond acceptors (Lipinski definition) is 4. The largest absolute Gasteiger partial charge is 0.350 e. The van der Waals surface area contributed by atoms with Gasteiger partial charge in [0.1, 0.15) is 0 Å². The number of fused-ring (bicyclic) bond motifs is 1. The number of hydrogen-bond donors (Lipinski definition) is 1. The smallest absolute Gasteiger partial charge is 0.275 e. The molecule has 4 aromatic rings. The molecule has 1 amide bonds. The van der Waals surface area contributed by atoms with Crippen molar-refractivity contribution in [2.45, 2.75) is 32.4 Å². The molecular weight excluding hydrogens is 388 g/mol. The molecule has 0 aliphatic heterocycles. The summed E-state index contributed by atoms with van der Waals surface area (Å²) < 4.78 is 1.42. The highest BCUT2D eigenvalue weighted by molar-refractivity contribution is 5.84. The van der Waals surface area contributed by atoms with Crippen molar-refractivity contribution in [2.24, 2.45) is 0 Å². The van der Waals surface area contributed by atoms with Crippen LogP contribution in [0.5, 0.6) is 0 Å². The summed E-state index contributed by atoms with van der Waals surface area (Å²) in [6.07, 6.45) is 3.78. The monoisotopic (exact) mass is 412 g/mol. The molecule has 0 aliphatic carbocycles. The number of carbonyl (C=O) groups is 1. The molecule has 4 rings (SSSR count). The molecule has 2 aromatic carbocycles.